The molecule has 0 bridgehead atoms. The molecule has 0 radical (unpaired) electrons. The van der Waals surface area contributed by atoms with Gasteiger partial charge in [-0.1, -0.05) is 6.92 Å². The first kappa shape index (κ1) is 13.6. The molecule has 1 atom stereocenters. The van der Waals surface area contributed by atoms with Gasteiger partial charge in [-0.15, -0.1) is 5.10 Å². The van der Waals surface area contributed by atoms with Crippen LogP contribution in [0.3, 0.4) is 0 Å². The number of nitrogens with one attached hydrogen (secondary N) is 2. The van der Waals surface area contributed by atoms with Crippen LogP contribution in [0, 0.1) is 0 Å². The minimum Gasteiger partial charge on any atom is -0.368 e. The number of aromatic nitrogens is 3. The summed E-state index contributed by atoms with van der Waals surface area (Å²) in [5, 5.41) is 13.1. The van der Waals surface area contributed by atoms with Crippen molar-refractivity contribution in [2.24, 2.45) is 0 Å². The van der Waals surface area contributed by atoms with Crippen LogP contribution < -0.4 is 10.6 Å². The number of nitrogens with zero attached hydrogens (tertiary/aromatic N) is 3. The molecule has 0 aromatic carbocycles. The van der Waals surface area contributed by atoms with Crippen LogP contribution in [0.25, 0.3) is 0 Å². The maximum Gasteiger partial charge on any atom is 0.244 e. The van der Waals surface area contributed by atoms with Crippen molar-refractivity contribution in [3.8, 4) is 0 Å². The van der Waals surface area contributed by atoms with Crippen molar-refractivity contribution < 1.29 is 4.79 Å². The van der Waals surface area contributed by atoms with Gasteiger partial charge in [0.05, 0.1) is 6.20 Å². The van der Waals surface area contributed by atoms with E-state index >= 15 is 0 Å². The molecule has 1 rings (SSSR count). The highest BCUT2D eigenvalue weighted by molar-refractivity contribution is 6.28. The van der Waals surface area contributed by atoms with E-state index in [1.807, 2.05) is 13.8 Å². The second-order valence-electron chi connectivity index (χ2n) is 3.66. The average molecular weight is 258 g/mol. The Morgan fingerprint density at radius 1 is 1.59 bits per heavy atom. The third-order valence-corrected chi connectivity index (χ3v) is 2.37. The predicted octanol–water partition coefficient (Wildman–Crippen LogP) is 1.24. The molecule has 0 saturated carbocycles. The van der Waals surface area contributed by atoms with Crippen LogP contribution in [-0.2, 0) is 4.79 Å². The summed E-state index contributed by atoms with van der Waals surface area (Å²) < 4.78 is 0. The summed E-state index contributed by atoms with van der Waals surface area (Å²) in [6.45, 7) is 4.48. The Morgan fingerprint density at radius 3 is 3.00 bits per heavy atom. The van der Waals surface area contributed by atoms with Gasteiger partial charge in [0.2, 0.25) is 11.2 Å². The van der Waals surface area contributed by atoms with Crippen LogP contribution in [0.1, 0.15) is 26.7 Å². The van der Waals surface area contributed by atoms with Crippen LogP contribution in [0.15, 0.2) is 6.20 Å². The molecule has 1 aromatic rings. The van der Waals surface area contributed by atoms with E-state index in [-0.39, 0.29) is 17.2 Å². The summed E-state index contributed by atoms with van der Waals surface area (Å²) >= 11 is 5.57. The van der Waals surface area contributed by atoms with Crippen molar-refractivity contribution in [1.82, 2.24) is 20.5 Å². The van der Waals surface area contributed by atoms with Gasteiger partial charge in [0, 0.05) is 19.0 Å². The topological polar surface area (TPSA) is 79.8 Å². The smallest absolute Gasteiger partial charge is 0.244 e. The molecule has 1 aromatic heterocycles. The van der Waals surface area contributed by atoms with E-state index in [1.165, 1.54) is 6.20 Å². The van der Waals surface area contributed by atoms with Gasteiger partial charge in [-0.3, -0.25) is 4.79 Å². The van der Waals surface area contributed by atoms with E-state index in [2.05, 4.69) is 25.8 Å². The number of hydrogen-bond donors (Lipinski definition) is 2. The molecule has 2 N–H and O–H groups in total. The second-order valence-corrected chi connectivity index (χ2v) is 4.00. The molecule has 7 heteroatoms. The van der Waals surface area contributed by atoms with Crippen molar-refractivity contribution in [3.05, 3.63) is 11.5 Å². The molecular weight excluding hydrogens is 242 g/mol. The molecule has 0 aliphatic carbocycles. The minimum atomic E-state index is 0.0139. The fourth-order valence-corrected chi connectivity index (χ4v) is 1.25. The molecule has 1 heterocycles. The van der Waals surface area contributed by atoms with Crippen molar-refractivity contribution in [2.75, 3.05) is 11.9 Å². The van der Waals surface area contributed by atoms with Crippen molar-refractivity contribution >= 4 is 23.3 Å². The summed E-state index contributed by atoms with van der Waals surface area (Å²) in [4.78, 5) is 15.3. The summed E-state index contributed by atoms with van der Waals surface area (Å²) in [6.07, 6.45) is 2.76. The monoisotopic (exact) mass is 257 g/mol. The third-order valence-electron chi connectivity index (χ3n) is 2.21. The van der Waals surface area contributed by atoms with E-state index < -0.39 is 0 Å². The quantitative estimate of drug-likeness (QED) is 0.802. The lowest BCUT2D eigenvalue weighted by atomic mass is 10.2. The highest BCUT2D eigenvalue weighted by Crippen LogP contribution is 2.03. The average Bonchev–Trinajstić information content (AvgIpc) is 2.29. The highest BCUT2D eigenvalue weighted by atomic mass is 35.5. The molecule has 17 heavy (non-hydrogen) atoms. The Hall–Kier alpha value is -1.43. The maximum atomic E-state index is 11.4. The van der Waals surface area contributed by atoms with Crippen LogP contribution >= 0.6 is 11.6 Å². The van der Waals surface area contributed by atoms with Gasteiger partial charge in [-0.2, -0.15) is 10.1 Å². The van der Waals surface area contributed by atoms with Crippen molar-refractivity contribution in [1.29, 1.82) is 0 Å². The Labute approximate surface area is 105 Å². The molecule has 0 fully saturated rings. The first-order valence-corrected chi connectivity index (χ1v) is 5.88. The van der Waals surface area contributed by atoms with Gasteiger partial charge >= 0.3 is 0 Å². The standard InChI is InChI=1S/C10H16ClN5O/c1-3-7(2)14-9(17)4-5-12-8-6-13-16-10(11)15-8/h6-7H,3-5H2,1-2H3,(H,14,17)(H,12,15,16). The van der Waals surface area contributed by atoms with Gasteiger partial charge in [0.15, 0.2) is 0 Å². The normalized spacial score (nSPS) is 11.9. The fourth-order valence-electron chi connectivity index (χ4n) is 1.12. The third kappa shape index (κ3) is 5.44. The van der Waals surface area contributed by atoms with Crippen LogP contribution in [0.4, 0.5) is 5.82 Å². The molecule has 0 spiro atoms. The number of halogens is 1. The van der Waals surface area contributed by atoms with Crippen LogP contribution in [0.2, 0.25) is 5.28 Å². The number of rotatable bonds is 6. The lowest BCUT2D eigenvalue weighted by Gasteiger charge is -2.11. The molecule has 6 nitrogen and oxygen atoms in total. The SMILES string of the molecule is CCC(C)NC(=O)CCNc1cnnc(Cl)n1. The Bertz CT molecular complexity index is 373. The Kier molecular flexibility index (Phi) is 5.62. The van der Waals surface area contributed by atoms with E-state index in [0.29, 0.717) is 18.8 Å². The number of hydrogen-bond acceptors (Lipinski definition) is 5. The molecule has 0 aliphatic heterocycles. The Balaban J connectivity index is 2.26. The fraction of sp³-hybridized carbons (Fsp3) is 0.600. The van der Waals surface area contributed by atoms with E-state index in [9.17, 15) is 4.79 Å². The molecule has 0 aliphatic rings. The Morgan fingerprint density at radius 2 is 2.35 bits per heavy atom. The van der Waals surface area contributed by atoms with Gasteiger partial charge in [0.25, 0.3) is 0 Å². The largest absolute Gasteiger partial charge is 0.368 e. The van der Waals surface area contributed by atoms with E-state index in [4.69, 9.17) is 11.6 Å². The summed E-state index contributed by atoms with van der Waals surface area (Å²) in [5.74, 6) is 0.529. The first-order valence-electron chi connectivity index (χ1n) is 5.50. The van der Waals surface area contributed by atoms with Crippen LogP contribution in [-0.4, -0.2) is 33.7 Å². The lowest BCUT2D eigenvalue weighted by molar-refractivity contribution is -0.121. The minimum absolute atomic E-state index is 0.0139. The number of carbonyl (C=O) groups excluding carboxylic acids is 1. The van der Waals surface area contributed by atoms with Crippen LogP contribution in [0.5, 0.6) is 0 Å². The van der Waals surface area contributed by atoms with Crippen molar-refractivity contribution in [2.45, 2.75) is 32.7 Å². The zero-order valence-electron chi connectivity index (χ0n) is 9.90. The van der Waals surface area contributed by atoms with Gasteiger partial charge in [-0.05, 0) is 24.9 Å². The van der Waals surface area contributed by atoms with Gasteiger partial charge in [-0.25, -0.2) is 0 Å². The van der Waals surface area contributed by atoms with Crippen molar-refractivity contribution in [3.63, 3.8) is 0 Å². The molecule has 94 valence electrons. The molecular formula is C10H16ClN5O. The zero-order chi connectivity index (χ0) is 12.7. The summed E-state index contributed by atoms with van der Waals surface area (Å²) in [6, 6.07) is 0.206. The lowest BCUT2D eigenvalue weighted by Crippen LogP contribution is -2.33. The van der Waals surface area contributed by atoms with E-state index in [1.54, 1.807) is 0 Å². The molecule has 1 amide bonds. The molecule has 0 saturated heterocycles. The highest BCUT2D eigenvalue weighted by Gasteiger charge is 2.05. The maximum absolute atomic E-state index is 11.4. The predicted molar refractivity (Wildman–Crippen MR) is 65.8 cm³/mol. The first-order chi connectivity index (χ1) is 8.11. The zero-order valence-corrected chi connectivity index (χ0v) is 10.7. The van der Waals surface area contributed by atoms with Gasteiger partial charge < -0.3 is 10.6 Å². The summed E-state index contributed by atoms with van der Waals surface area (Å²) in [7, 11) is 0. The van der Waals surface area contributed by atoms with Gasteiger partial charge in [0.1, 0.15) is 5.82 Å². The number of amides is 1. The van der Waals surface area contributed by atoms with E-state index in [0.717, 1.165) is 6.42 Å². The number of anilines is 1. The molecule has 1 unspecified atom stereocenters. The number of carbonyl (C=O) groups is 1. The second kappa shape index (κ2) is 7.01. The summed E-state index contributed by atoms with van der Waals surface area (Å²) in [5.41, 5.74) is 0.